The van der Waals surface area contributed by atoms with E-state index in [1.54, 1.807) is 62.6 Å². The number of ether oxygens (including phenoxy) is 3. The number of piperazine rings is 1. The Morgan fingerprint density at radius 2 is 1.52 bits per heavy atom. The van der Waals surface area contributed by atoms with Gasteiger partial charge in [0.15, 0.2) is 11.5 Å². The summed E-state index contributed by atoms with van der Waals surface area (Å²) in [5, 5.41) is 0. The van der Waals surface area contributed by atoms with Gasteiger partial charge in [-0.05, 0) is 48.0 Å². The van der Waals surface area contributed by atoms with Crippen LogP contribution in [-0.2, 0) is 4.79 Å². The van der Waals surface area contributed by atoms with Crippen LogP contribution in [0.5, 0.6) is 17.2 Å². The van der Waals surface area contributed by atoms with E-state index < -0.39 is 0 Å². The number of benzene rings is 2. The lowest BCUT2D eigenvalue weighted by molar-refractivity contribution is -0.126. The van der Waals surface area contributed by atoms with E-state index in [1.165, 1.54) is 12.1 Å². The van der Waals surface area contributed by atoms with Crippen LogP contribution in [0.25, 0.3) is 6.08 Å². The van der Waals surface area contributed by atoms with Crippen LogP contribution in [0.1, 0.15) is 5.56 Å². The number of hydrogen-bond donors (Lipinski definition) is 0. The van der Waals surface area contributed by atoms with E-state index in [9.17, 15) is 9.18 Å². The van der Waals surface area contributed by atoms with Gasteiger partial charge >= 0.3 is 0 Å². The van der Waals surface area contributed by atoms with Gasteiger partial charge in [0.1, 0.15) is 5.82 Å². The first-order chi connectivity index (χ1) is 14.0. The topological polar surface area (TPSA) is 51.2 Å². The fourth-order valence-electron chi connectivity index (χ4n) is 3.31. The Labute approximate surface area is 170 Å². The second kappa shape index (κ2) is 9.32. The molecule has 1 heterocycles. The Morgan fingerprint density at radius 1 is 0.931 bits per heavy atom. The van der Waals surface area contributed by atoms with Crippen molar-refractivity contribution in [3.05, 3.63) is 53.9 Å². The summed E-state index contributed by atoms with van der Waals surface area (Å²) in [4.78, 5) is 16.5. The molecule has 0 unspecified atom stereocenters. The minimum absolute atomic E-state index is 0.0579. The van der Waals surface area contributed by atoms with E-state index >= 15 is 0 Å². The van der Waals surface area contributed by atoms with Gasteiger partial charge in [-0.2, -0.15) is 0 Å². The van der Waals surface area contributed by atoms with Crippen molar-refractivity contribution in [3.63, 3.8) is 0 Å². The molecule has 1 aliphatic rings. The highest BCUT2D eigenvalue weighted by atomic mass is 19.1. The molecule has 0 saturated carbocycles. The summed E-state index contributed by atoms with van der Waals surface area (Å²) in [6, 6.07) is 10.0. The van der Waals surface area contributed by atoms with Gasteiger partial charge < -0.3 is 24.0 Å². The highest BCUT2D eigenvalue weighted by molar-refractivity contribution is 5.92. The lowest BCUT2D eigenvalue weighted by atomic mass is 10.1. The maximum atomic E-state index is 13.1. The Hall–Kier alpha value is -3.22. The van der Waals surface area contributed by atoms with E-state index in [1.807, 2.05) is 0 Å². The minimum Gasteiger partial charge on any atom is -0.493 e. The molecule has 1 amide bonds. The number of anilines is 1. The summed E-state index contributed by atoms with van der Waals surface area (Å²) >= 11 is 0. The summed E-state index contributed by atoms with van der Waals surface area (Å²) in [5.41, 5.74) is 1.74. The zero-order valence-corrected chi connectivity index (χ0v) is 16.9. The molecule has 29 heavy (non-hydrogen) atoms. The molecule has 7 heteroatoms. The molecule has 0 aromatic heterocycles. The van der Waals surface area contributed by atoms with E-state index in [0.29, 0.717) is 43.4 Å². The van der Waals surface area contributed by atoms with Crippen LogP contribution in [-0.4, -0.2) is 58.3 Å². The van der Waals surface area contributed by atoms with Gasteiger partial charge in [0.25, 0.3) is 0 Å². The molecule has 3 rings (SSSR count). The molecule has 0 spiro atoms. The molecule has 0 aliphatic carbocycles. The number of nitrogens with zero attached hydrogens (tertiary/aromatic N) is 2. The van der Waals surface area contributed by atoms with Crippen LogP contribution in [0.3, 0.4) is 0 Å². The van der Waals surface area contributed by atoms with Crippen LogP contribution in [0.15, 0.2) is 42.5 Å². The van der Waals surface area contributed by atoms with Crippen molar-refractivity contribution < 1.29 is 23.4 Å². The van der Waals surface area contributed by atoms with Gasteiger partial charge in [0.2, 0.25) is 11.7 Å². The Kier molecular flexibility index (Phi) is 6.59. The quantitative estimate of drug-likeness (QED) is 0.697. The van der Waals surface area contributed by atoms with Gasteiger partial charge in [-0.25, -0.2) is 4.39 Å². The summed E-state index contributed by atoms with van der Waals surface area (Å²) in [5.74, 6) is 1.27. The molecule has 0 N–H and O–H groups in total. The number of methoxy groups -OCH3 is 3. The largest absolute Gasteiger partial charge is 0.493 e. The van der Waals surface area contributed by atoms with E-state index in [4.69, 9.17) is 14.2 Å². The third-order valence-corrected chi connectivity index (χ3v) is 4.89. The van der Waals surface area contributed by atoms with Crippen molar-refractivity contribution >= 4 is 17.7 Å². The normalized spacial score (nSPS) is 14.2. The minimum atomic E-state index is -0.250. The van der Waals surface area contributed by atoms with Gasteiger partial charge in [-0.1, -0.05) is 0 Å². The van der Waals surface area contributed by atoms with Gasteiger partial charge in [-0.3, -0.25) is 4.79 Å². The van der Waals surface area contributed by atoms with Crippen molar-refractivity contribution in [1.82, 2.24) is 4.90 Å². The standard InChI is InChI=1S/C22H25FN2O4/c1-27-19-14-16(15-20(28-2)22(19)29-3)4-9-21(26)25-12-10-24(11-13-25)18-7-5-17(23)6-8-18/h4-9,14-15H,10-13H2,1-3H3. The lowest BCUT2D eigenvalue weighted by Gasteiger charge is -2.35. The molecule has 1 saturated heterocycles. The molecule has 1 aliphatic heterocycles. The zero-order chi connectivity index (χ0) is 20.8. The number of carbonyl (C=O) groups excluding carboxylic acids is 1. The Balaban J connectivity index is 1.63. The van der Waals surface area contributed by atoms with Crippen LogP contribution in [0, 0.1) is 5.82 Å². The summed E-state index contributed by atoms with van der Waals surface area (Å²) in [7, 11) is 4.65. The number of rotatable bonds is 6. The SMILES string of the molecule is COc1cc(C=CC(=O)N2CCN(c3ccc(F)cc3)CC2)cc(OC)c1OC. The average molecular weight is 400 g/mol. The van der Waals surface area contributed by atoms with Crippen LogP contribution < -0.4 is 19.1 Å². The lowest BCUT2D eigenvalue weighted by Crippen LogP contribution is -2.48. The fourth-order valence-corrected chi connectivity index (χ4v) is 3.31. The molecular formula is C22H25FN2O4. The predicted octanol–water partition coefficient (Wildman–Crippen LogP) is 3.21. The molecular weight excluding hydrogens is 375 g/mol. The van der Waals surface area contributed by atoms with Gasteiger partial charge in [0.05, 0.1) is 21.3 Å². The smallest absolute Gasteiger partial charge is 0.246 e. The van der Waals surface area contributed by atoms with Crippen molar-refractivity contribution in [2.24, 2.45) is 0 Å². The average Bonchev–Trinajstić information content (AvgIpc) is 2.77. The number of halogens is 1. The molecule has 1 fully saturated rings. The second-order valence-corrected chi connectivity index (χ2v) is 6.58. The van der Waals surface area contributed by atoms with Crippen molar-refractivity contribution in [1.29, 1.82) is 0 Å². The summed E-state index contributed by atoms with van der Waals surface area (Å²) < 4.78 is 29.1. The first-order valence-corrected chi connectivity index (χ1v) is 9.33. The Morgan fingerprint density at radius 3 is 2.03 bits per heavy atom. The van der Waals surface area contributed by atoms with Crippen LogP contribution in [0.4, 0.5) is 10.1 Å². The molecule has 2 aromatic rings. The first-order valence-electron chi connectivity index (χ1n) is 9.33. The fraction of sp³-hybridized carbons (Fsp3) is 0.318. The number of hydrogen-bond acceptors (Lipinski definition) is 5. The van der Waals surface area contributed by atoms with E-state index in [0.717, 1.165) is 11.3 Å². The van der Waals surface area contributed by atoms with E-state index in [-0.39, 0.29) is 11.7 Å². The van der Waals surface area contributed by atoms with Gasteiger partial charge in [0, 0.05) is 37.9 Å². The number of amides is 1. The second-order valence-electron chi connectivity index (χ2n) is 6.58. The third-order valence-electron chi connectivity index (χ3n) is 4.89. The maximum Gasteiger partial charge on any atom is 0.246 e. The first kappa shape index (κ1) is 20.5. The summed E-state index contributed by atoms with van der Waals surface area (Å²) in [6.07, 6.45) is 3.29. The zero-order valence-electron chi connectivity index (χ0n) is 16.9. The molecule has 2 aromatic carbocycles. The maximum absolute atomic E-state index is 13.1. The predicted molar refractivity (Wildman–Crippen MR) is 110 cm³/mol. The van der Waals surface area contributed by atoms with Crippen molar-refractivity contribution in [3.8, 4) is 17.2 Å². The van der Waals surface area contributed by atoms with Crippen LogP contribution in [0.2, 0.25) is 0 Å². The number of carbonyl (C=O) groups is 1. The van der Waals surface area contributed by atoms with Crippen molar-refractivity contribution in [2.75, 3.05) is 52.4 Å². The molecule has 0 atom stereocenters. The van der Waals surface area contributed by atoms with Crippen molar-refractivity contribution in [2.45, 2.75) is 0 Å². The molecule has 154 valence electrons. The van der Waals surface area contributed by atoms with E-state index in [2.05, 4.69) is 4.90 Å². The Bertz CT molecular complexity index is 850. The molecule has 0 radical (unpaired) electrons. The third kappa shape index (κ3) is 4.80. The summed E-state index contributed by atoms with van der Waals surface area (Å²) in [6.45, 7) is 2.62. The van der Waals surface area contributed by atoms with Gasteiger partial charge in [-0.15, -0.1) is 0 Å². The monoisotopic (exact) mass is 400 g/mol. The highest BCUT2D eigenvalue weighted by Gasteiger charge is 2.20. The molecule has 0 bridgehead atoms. The highest BCUT2D eigenvalue weighted by Crippen LogP contribution is 2.38. The molecule has 6 nitrogen and oxygen atoms in total. The van der Waals surface area contributed by atoms with Crippen LogP contribution >= 0.6 is 0 Å².